The highest BCUT2D eigenvalue weighted by Gasteiger charge is 2.27. The van der Waals surface area contributed by atoms with E-state index in [2.05, 4.69) is 75.2 Å². The van der Waals surface area contributed by atoms with Crippen LogP contribution in [0.1, 0.15) is 6.92 Å². The summed E-state index contributed by atoms with van der Waals surface area (Å²) in [6.07, 6.45) is 0.182. The topological polar surface area (TPSA) is 102 Å². The summed E-state index contributed by atoms with van der Waals surface area (Å²) in [4.78, 5) is 21.4. The van der Waals surface area contributed by atoms with E-state index >= 15 is 0 Å². The van der Waals surface area contributed by atoms with Gasteiger partial charge in [-0.25, -0.2) is 9.97 Å². The third kappa shape index (κ3) is 3.91. The lowest BCUT2D eigenvalue weighted by Gasteiger charge is -2.40. The highest BCUT2D eigenvalue weighted by atomic mass is 16.5. The summed E-state index contributed by atoms with van der Waals surface area (Å²) in [6.45, 7) is 4.69. The van der Waals surface area contributed by atoms with Gasteiger partial charge in [0.2, 0.25) is 0 Å². The minimum Gasteiger partial charge on any atom is -0.373 e. The zero-order valence-corrected chi connectivity index (χ0v) is 21.7. The summed E-state index contributed by atoms with van der Waals surface area (Å²) in [5, 5.41) is 8.84. The molecular weight excluding hydrogens is 476 g/mol. The molecule has 1 aliphatic heterocycles. The maximum atomic E-state index is 6.08. The zero-order chi connectivity index (χ0) is 25.8. The molecule has 0 aliphatic carbocycles. The van der Waals surface area contributed by atoms with Crippen LogP contribution >= 0.6 is 0 Å². The zero-order valence-electron chi connectivity index (χ0n) is 21.7. The van der Waals surface area contributed by atoms with Crippen LogP contribution in [0.15, 0.2) is 60.7 Å². The van der Waals surface area contributed by atoms with Crippen molar-refractivity contribution in [2.75, 3.05) is 38.7 Å². The summed E-state index contributed by atoms with van der Waals surface area (Å²) < 4.78 is 6.08. The first-order valence-electron chi connectivity index (χ1n) is 13.0. The standard InChI is InChI=1S/C29H30N8O/c1-17-16-38-19(14-36(2)3)15-37(17)18-11-12-23-25(13-18)33-29(32-23)27-26-20(7-6-10-24(26)34-35-27)28-30-21-8-4-5-9-22(21)31-28/h4-13,17,19H,14-16H2,1-3H3,(H,30,31)(H,32,33)(H,34,35). The number of hydrogen-bond donors (Lipinski definition) is 3. The Kier molecular flexibility index (Phi) is 5.41. The number of aromatic amines is 3. The van der Waals surface area contributed by atoms with E-state index in [0.717, 1.165) is 69.0 Å². The molecule has 4 heterocycles. The molecule has 2 unspecified atom stereocenters. The van der Waals surface area contributed by atoms with Gasteiger partial charge in [0, 0.05) is 35.8 Å². The SMILES string of the molecule is CC1COC(CN(C)C)CN1c1ccc2nc(-c3n[nH]c4cccc(-c5nc6ccccc6[nH]5)c34)[nH]c2c1. The molecule has 1 fully saturated rings. The van der Waals surface area contributed by atoms with Crippen LogP contribution in [0, 0.1) is 0 Å². The van der Waals surface area contributed by atoms with Gasteiger partial charge in [-0.3, -0.25) is 5.10 Å². The molecule has 1 aliphatic rings. The van der Waals surface area contributed by atoms with Crippen molar-refractivity contribution in [3.05, 3.63) is 60.7 Å². The van der Waals surface area contributed by atoms with Crippen LogP contribution < -0.4 is 4.90 Å². The number of para-hydroxylation sites is 2. The van der Waals surface area contributed by atoms with Gasteiger partial charge in [-0.1, -0.05) is 24.3 Å². The molecule has 3 aromatic heterocycles. The normalized spacial score (nSPS) is 18.4. The van der Waals surface area contributed by atoms with Gasteiger partial charge in [-0.05, 0) is 57.4 Å². The van der Waals surface area contributed by atoms with Crippen LogP contribution in [0.25, 0.3) is 55.9 Å². The van der Waals surface area contributed by atoms with Crippen molar-refractivity contribution in [1.29, 1.82) is 0 Å². The Balaban J connectivity index is 1.28. The third-order valence-electron chi connectivity index (χ3n) is 7.33. The van der Waals surface area contributed by atoms with Crippen molar-refractivity contribution in [1.82, 2.24) is 35.0 Å². The summed E-state index contributed by atoms with van der Waals surface area (Å²) >= 11 is 0. The van der Waals surface area contributed by atoms with Crippen LogP contribution in [0.4, 0.5) is 5.69 Å². The first kappa shape index (κ1) is 22.9. The van der Waals surface area contributed by atoms with E-state index in [1.54, 1.807) is 0 Å². The fraction of sp³-hybridized carbons (Fsp3) is 0.276. The van der Waals surface area contributed by atoms with Gasteiger partial charge in [0.25, 0.3) is 0 Å². The quantitative estimate of drug-likeness (QED) is 0.310. The molecule has 38 heavy (non-hydrogen) atoms. The number of morpholine rings is 1. The molecule has 3 N–H and O–H groups in total. The number of hydrogen-bond acceptors (Lipinski definition) is 6. The van der Waals surface area contributed by atoms with E-state index < -0.39 is 0 Å². The molecule has 1 saturated heterocycles. The number of nitrogens with one attached hydrogen (secondary N) is 3. The second-order valence-corrected chi connectivity index (χ2v) is 10.4. The summed E-state index contributed by atoms with van der Waals surface area (Å²) in [6, 6.07) is 20.9. The van der Waals surface area contributed by atoms with Gasteiger partial charge in [0.05, 0.1) is 40.3 Å². The number of benzene rings is 3. The number of likely N-dealkylation sites (N-methyl/N-ethyl adjacent to an activating group) is 1. The monoisotopic (exact) mass is 506 g/mol. The van der Waals surface area contributed by atoms with Gasteiger partial charge in [-0.2, -0.15) is 5.10 Å². The Morgan fingerprint density at radius 1 is 0.921 bits per heavy atom. The van der Waals surface area contributed by atoms with Crippen molar-refractivity contribution in [3.63, 3.8) is 0 Å². The van der Waals surface area contributed by atoms with E-state index in [1.165, 1.54) is 5.69 Å². The van der Waals surface area contributed by atoms with E-state index in [0.29, 0.717) is 12.6 Å². The smallest absolute Gasteiger partial charge is 0.159 e. The Morgan fingerprint density at radius 3 is 2.58 bits per heavy atom. The van der Waals surface area contributed by atoms with Gasteiger partial charge in [-0.15, -0.1) is 0 Å². The fourth-order valence-corrected chi connectivity index (χ4v) is 5.51. The first-order chi connectivity index (χ1) is 18.5. The molecule has 192 valence electrons. The molecule has 6 aromatic rings. The molecule has 2 atom stereocenters. The fourth-order valence-electron chi connectivity index (χ4n) is 5.51. The van der Waals surface area contributed by atoms with Crippen molar-refractivity contribution in [2.24, 2.45) is 0 Å². The van der Waals surface area contributed by atoms with Crippen LogP contribution in [0.3, 0.4) is 0 Å². The molecule has 0 bridgehead atoms. The summed E-state index contributed by atoms with van der Waals surface area (Å²) in [7, 11) is 4.17. The molecule has 7 rings (SSSR count). The Morgan fingerprint density at radius 2 is 1.71 bits per heavy atom. The minimum absolute atomic E-state index is 0.182. The number of ether oxygens (including phenoxy) is 1. The van der Waals surface area contributed by atoms with Crippen LogP contribution in [0.5, 0.6) is 0 Å². The van der Waals surface area contributed by atoms with Crippen molar-refractivity contribution >= 4 is 38.7 Å². The molecule has 0 amide bonds. The van der Waals surface area contributed by atoms with Gasteiger partial charge < -0.3 is 24.5 Å². The molecule has 9 nitrogen and oxygen atoms in total. The Bertz CT molecular complexity index is 1730. The van der Waals surface area contributed by atoms with Crippen LogP contribution in [-0.2, 0) is 4.74 Å². The van der Waals surface area contributed by atoms with Gasteiger partial charge in [0.15, 0.2) is 5.82 Å². The highest BCUT2D eigenvalue weighted by Crippen LogP contribution is 2.35. The van der Waals surface area contributed by atoms with E-state index in [1.807, 2.05) is 36.4 Å². The maximum absolute atomic E-state index is 6.08. The molecular formula is C29H30N8O. The average molecular weight is 507 g/mol. The van der Waals surface area contributed by atoms with E-state index in [-0.39, 0.29) is 6.10 Å². The highest BCUT2D eigenvalue weighted by molar-refractivity contribution is 6.03. The molecule has 0 saturated carbocycles. The number of imidazole rings is 2. The van der Waals surface area contributed by atoms with Crippen LogP contribution in [0.2, 0.25) is 0 Å². The first-order valence-corrected chi connectivity index (χ1v) is 13.0. The van der Waals surface area contributed by atoms with Gasteiger partial charge in [0.1, 0.15) is 11.5 Å². The van der Waals surface area contributed by atoms with Gasteiger partial charge >= 0.3 is 0 Å². The van der Waals surface area contributed by atoms with Crippen molar-refractivity contribution in [2.45, 2.75) is 19.1 Å². The van der Waals surface area contributed by atoms with Crippen molar-refractivity contribution in [3.8, 4) is 22.9 Å². The summed E-state index contributed by atoms with van der Waals surface area (Å²) in [5.41, 5.74) is 7.70. The second-order valence-electron chi connectivity index (χ2n) is 10.4. The molecule has 0 radical (unpaired) electrons. The minimum atomic E-state index is 0.182. The second kappa shape index (κ2) is 8.97. The number of H-pyrrole nitrogens is 3. The maximum Gasteiger partial charge on any atom is 0.159 e. The number of anilines is 1. The Labute approximate surface area is 219 Å². The van der Waals surface area contributed by atoms with Crippen LogP contribution in [-0.4, -0.2) is 81.0 Å². The number of nitrogens with zero attached hydrogens (tertiary/aromatic N) is 5. The molecule has 3 aromatic carbocycles. The molecule has 0 spiro atoms. The van der Waals surface area contributed by atoms with E-state index in [9.17, 15) is 0 Å². The molecule has 9 heteroatoms. The largest absolute Gasteiger partial charge is 0.373 e. The number of fused-ring (bicyclic) bond motifs is 3. The predicted molar refractivity (Wildman–Crippen MR) is 151 cm³/mol. The van der Waals surface area contributed by atoms with Crippen molar-refractivity contribution < 1.29 is 4.74 Å². The Hall–Kier alpha value is -4.21. The lowest BCUT2D eigenvalue weighted by molar-refractivity contribution is 0.00880. The number of rotatable bonds is 5. The summed E-state index contributed by atoms with van der Waals surface area (Å²) in [5.74, 6) is 1.54. The lowest BCUT2D eigenvalue weighted by atomic mass is 10.1. The predicted octanol–water partition coefficient (Wildman–Crippen LogP) is 4.80. The lowest BCUT2D eigenvalue weighted by Crippen LogP contribution is -2.51. The average Bonchev–Trinajstić information content (AvgIpc) is 3.64. The van der Waals surface area contributed by atoms with E-state index in [4.69, 9.17) is 14.7 Å². The number of aromatic nitrogens is 6. The third-order valence-corrected chi connectivity index (χ3v) is 7.33.